The van der Waals surface area contributed by atoms with E-state index in [0.29, 0.717) is 23.5 Å². The Hall–Kier alpha value is -5.31. The van der Waals surface area contributed by atoms with Crippen LogP contribution < -0.4 is 15.0 Å². The number of amides is 1. The van der Waals surface area contributed by atoms with Crippen molar-refractivity contribution in [3.05, 3.63) is 113 Å². The molecule has 0 saturated carbocycles. The highest BCUT2D eigenvalue weighted by Crippen LogP contribution is 2.55. The second kappa shape index (κ2) is 9.37. The first kappa shape index (κ1) is 25.6. The van der Waals surface area contributed by atoms with Crippen LogP contribution in [0.3, 0.4) is 0 Å². The van der Waals surface area contributed by atoms with Crippen molar-refractivity contribution in [3.63, 3.8) is 0 Å². The van der Waals surface area contributed by atoms with Gasteiger partial charge in [-0.3, -0.25) is 24.9 Å². The maximum Gasteiger partial charge on any atom is 0.270 e. The fourth-order valence-electron chi connectivity index (χ4n) is 6.30. The smallest absolute Gasteiger partial charge is 0.270 e. The second-order valence-corrected chi connectivity index (χ2v) is 11.1. The molecular weight excluding hydrogens is 530 g/mol. The average Bonchev–Trinajstić information content (AvgIpc) is 3.18. The van der Waals surface area contributed by atoms with E-state index in [4.69, 9.17) is 4.74 Å². The number of nitrogens with zero attached hydrogens (tertiary/aromatic N) is 4. The molecule has 2 aliphatic rings. The molecule has 1 amide bonds. The second-order valence-electron chi connectivity index (χ2n) is 11.1. The lowest BCUT2D eigenvalue weighted by molar-refractivity contribution is -0.384. The van der Waals surface area contributed by atoms with Crippen molar-refractivity contribution in [1.82, 2.24) is 9.97 Å². The van der Waals surface area contributed by atoms with Gasteiger partial charge in [0.25, 0.3) is 5.69 Å². The lowest BCUT2D eigenvalue weighted by atomic mass is 9.76. The molecule has 42 heavy (non-hydrogen) atoms. The number of benzene rings is 3. The molecule has 1 spiro atoms. The number of fused-ring (bicyclic) bond motifs is 5. The van der Waals surface area contributed by atoms with Crippen LogP contribution in [0.1, 0.15) is 31.4 Å². The standard InChI is InChI=1S/C33H27N5O4/c1-32(2)25-9-3-4-10-27(25)37(33(32)15-13-21-19-23(38(40)41)11-12-28(21)42-33)18-14-29(39)36-26-20-22-7-5-16-34-30(22)31-24(26)8-6-17-35-31/h3-13,15-17,19-20H,14,18H2,1-2H3,(H,36,39). The van der Waals surface area contributed by atoms with Gasteiger partial charge in [-0.05, 0) is 68.0 Å². The molecule has 0 fully saturated rings. The van der Waals surface area contributed by atoms with Crippen LogP contribution in [0.25, 0.3) is 27.9 Å². The van der Waals surface area contributed by atoms with Gasteiger partial charge in [-0.15, -0.1) is 0 Å². The normalized spacial score (nSPS) is 18.1. The third-order valence-electron chi connectivity index (χ3n) is 8.42. The van der Waals surface area contributed by atoms with Gasteiger partial charge in [0.05, 0.1) is 27.1 Å². The first-order valence-electron chi connectivity index (χ1n) is 13.7. The summed E-state index contributed by atoms with van der Waals surface area (Å²) in [5, 5.41) is 16.2. The van der Waals surface area contributed by atoms with Gasteiger partial charge in [-0.25, -0.2) is 0 Å². The van der Waals surface area contributed by atoms with E-state index in [2.05, 4.69) is 40.1 Å². The molecule has 1 N–H and O–H groups in total. The number of non-ortho nitro benzene ring substituents is 1. The Morgan fingerprint density at radius 2 is 1.79 bits per heavy atom. The van der Waals surface area contributed by atoms with Crippen molar-refractivity contribution < 1.29 is 14.5 Å². The Bertz CT molecular complexity index is 1950. The highest BCUT2D eigenvalue weighted by Gasteiger charge is 2.58. The molecule has 3 aromatic carbocycles. The lowest BCUT2D eigenvalue weighted by Crippen LogP contribution is -2.60. The van der Waals surface area contributed by atoms with Gasteiger partial charge in [-0.1, -0.05) is 24.3 Å². The molecule has 1 atom stereocenters. The summed E-state index contributed by atoms with van der Waals surface area (Å²) in [5.41, 5.74) is 3.50. The molecule has 0 radical (unpaired) electrons. The minimum atomic E-state index is -0.939. The Morgan fingerprint density at radius 3 is 2.62 bits per heavy atom. The number of carbonyl (C=O) groups is 1. The summed E-state index contributed by atoms with van der Waals surface area (Å²) in [5.74, 6) is 0.415. The van der Waals surface area contributed by atoms with E-state index in [1.54, 1.807) is 18.5 Å². The first-order chi connectivity index (χ1) is 20.3. The summed E-state index contributed by atoms with van der Waals surface area (Å²) >= 11 is 0. The van der Waals surface area contributed by atoms with Gasteiger partial charge < -0.3 is 15.0 Å². The number of carbonyl (C=O) groups excluding carboxylic acids is 1. The predicted octanol–water partition coefficient (Wildman–Crippen LogP) is 6.62. The lowest BCUT2D eigenvalue weighted by Gasteiger charge is -2.47. The van der Waals surface area contributed by atoms with Crippen LogP contribution in [0.2, 0.25) is 0 Å². The van der Waals surface area contributed by atoms with E-state index in [0.717, 1.165) is 33.1 Å². The summed E-state index contributed by atoms with van der Waals surface area (Å²) in [6.45, 7) is 4.62. The zero-order valence-electron chi connectivity index (χ0n) is 23.1. The van der Waals surface area contributed by atoms with Crippen LogP contribution in [0.5, 0.6) is 5.75 Å². The number of aromatic nitrogens is 2. The molecule has 9 nitrogen and oxygen atoms in total. The maximum absolute atomic E-state index is 13.5. The minimum Gasteiger partial charge on any atom is -0.463 e. The zero-order chi connectivity index (χ0) is 29.1. The fourth-order valence-corrected chi connectivity index (χ4v) is 6.30. The minimum absolute atomic E-state index is 0.00708. The van der Waals surface area contributed by atoms with Gasteiger partial charge in [0.1, 0.15) is 5.75 Å². The Kier molecular flexibility index (Phi) is 5.72. The van der Waals surface area contributed by atoms with Crippen LogP contribution >= 0.6 is 0 Å². The van der Waals surface area contributed by atoms with Gasteiger partial charge in [0, 0.05) is 59.5 Å². The fraction of sp³-hybridized carbons (Fsp3) is 0.182. The topological polar surface area (TPSA) is 110 Å². The quantitative estimate of drug-likeness (QED) is 0.147. The van der Waals surface area contributed by atoms with Gasteiger partial charge >= 0.3 is 0 Å². The maximum atomic E-state index is 13.5. The summed E-state index contributed by atoms with van der Waals surface area (Å²) < 4.78 is 6.75. The van der Waals surface area contributed by atoms with Crippen LogP contribution in [0.4, 0.5) is 17.1 Å². The van der Waals surface area contributed by atoms with E-state index < -0.39 is 16.1 Å². The summed E-state index contributed by atoms with van der Waals surface area (Å²) in [4.78, 5) is 35.6. The average molecular weight is 558 g/mol. The zero-order valence-corrected chi connectivity index (χ0v) is 23.1. The van der Waals surface area contributed by atoms with Gasteiger partial charge in [0.2, 0.25) is 11.6 Å². The van der Waals surface area contributed by atoms with Gasteiger partial charge in [0.15, 0.2) is 0 Å². The molecule has 4 heterocycles. The number of para-hydroxylation sites is 1. The molecule has 5 aromatic rings. The Labute approximate surface area is 241 Å². The monoisotopic (exact) mass is 557 g/mol. The van der Waals surface area contributed by atoms with E-state index in [9.17, 15) is 14.9 Å². The SMILES string of the molecule is CC1(C)c2ccccc2N(CCC(=O)Nc2cc3cccnc3c3ncccc23)C12C=Cc1cc([N+](=O)[O-])ccc1O2. The van der Waals surface area contributed by atoms with Crippen molar-refractivity contribution >= 4 is 50.9 Å². The van der Waals surface area contributed by atoms with Crippen LogP contribution in [-0.4, -0.2) is 33.1 Å². The molecule has 7 rings (SSSR count). The molecule has 0 aliphatic carbocycles. The molecule has 0 saturated heterocycles. The molecule has 208 valence electrons. The van der Waals surface area contributed by atoms with E-state index in [1.165, 1.54) is 12.1 Å². The molecule has 2 aromatic heterocycles. The number of nitro benzene ring substituents is 1. The molecule has 9 heteroatoms. The van der Waals surface area contributed by atoms with Crippen molar-refractivity contribution in [3.8, 4) is 5.75 Å². The van der Waals surface area contributed by atoms with E-state index >= 15 is 0 Å². The molecular formula is C33H27N5O4. The first-order valence-corrected chi connectivity index (χ1v) is 13.7. The molecule has 2 aliphatic heterocycles. The summed E-state index contributed by atoms with van der Waals surface area (Å²) in [6.07, 6.45) is 7.51. The van der Waals surface area contributed by atoms with Crippen molar-refractivity contribution in [2.75, 3.05) is 16.8 Å². The number of ether oxygens (including phenoxy) is 1. The number of hydrogen-bond donors (Lipinski definition) is 1. The van der Waals surface area contributed by atoms with Crippen LogP contribution in [0.15, 0.2) is 91.3 Å². The number of hydrogen-bond acceptors (Lipinski definition) is 7. The molecule has 1 unspecified atom stereocenters. The van der Waals surface area contributed by atoms with Crippen molar-refractivity contribution in [2.45, 2.75) is 31.4 Å². The van der Waals surface area contributed by atoms with E-state index in [1.807, 2.05) is 60.7 Å². The molecule has 0 bridgehead atoms. The Balaban J connectivity index is 1.21. The van der Waals surface area contributed by atoms with Crippen molar-refractivity contribution in [2.24, 2.45) is 0 Å². The number of nitro groups is 1. The number of pyridine rings is 2. The number of nitrogens with one attached hydrogen (secondary N) is 1. The van der Waals surface area contributed by atoms with Crippen molar-refractivity contribution in [1.29, 1.82) is 0 Å². The van der Waals surface area contributed by atoms with Crippen LogP contribution in [-0.2, 0) is 10.2 Å². The van der Waals surface area contributed by atoms with E-state index in [-0.39, 0.29) is 18.0 Å². The predicted molar refractivity (Wildman–Crippen MR) is 163 cm³/mol. The summed E-state index contributed by atoms with van der Waals surface area (Å²) in [6, 6.07) is 22.3. The summed E-state index contributed by atoms with van der Waals surface area (Å²) in [7, 11) is 0. The number of anilines is 2. The van der Waals surface area contributed by atoms with Crippen LogP contribution in [0, 0.1) is 10.1 Å². The highest BCUT2D eigenvalue weighted by atomic mass is 16.6. The Morgan fingerprint density at radius 1 is 1.00 bits per heavy atom. The third-order valence-corrected chi connectivity index (χ3v) is 8.42. The van der Waals surface area contributed by atoms with Gasteiger partial charge in [-0.2, -0.15) is 0 Å². The largest absolute Gasteiger partial charge is 0.463 e. The third kappa shape index (κ3) is 3.81. The highest BCUT2D eigenvalue weighted by molar-refractivity contribution is 6.12. The number of rotatable bonds is 5.